The number of rotatable bonds is 3. The van der Waals surface area contributed by atoms with Crippen LogP contribution in [-0.4, -0.2) is 30.4 Å². The Morgan fingerprint density at radius 2 is 1.89 bits per heavy atom. The van der Waals surface area contributed by atoms with Crippen LogP contribution in [0.15, 0.2) is 54.6 Å². The van der Waals surface area contributed by atoms with Crippen molar-refractivity contribution in [2.24, 2.45) is 0 Å². The Labute approximate surface area is 161 Å². The van der Waals surface area contributed by atoms with E-state index in [0.29, 0.717) is 5.56 Å². The van der Waals surface area contributed by atoms with E-state index >= 15 is 0 Å². The third-order valence-corrected chi connectivity index (χ3v) is 4.98. The minimum Gasteiger partial charge on any atom is -0.465 e. The molecule has 6 nitrogen and oxygen atoms in total. The van der Waals surface area contributed by atoms with Crippen molar-refractivity contribution >= 4 is 46.8 Å². The van der Waals surface area contributed by atoms with E-state index in [0.717, 1.165) is 38.5 Å². The molecule has 4 aromatic rings. The molecule has 0 unspecified atom stereocenters. The van der Waals surface area contributed by atoms with Crippen molar-refractivity contribution < 1.29 is 14.5 Å². The third-order valence-electron chi connectivity index (χ3n) is 4.98. The van der Waals surface area contributed by atoms with Gasteiger partial charge in [-0.2, -0.15) is 0 Å². The maximum atomic E-state index is 12.4. The third kappa shape index (κ3) is 2.63. The number of ether oxygens (including phenoxy) is 1. The summed E-state index contributed by atoms with van der Waals surface area (Å²) < 4.78 is 7.02. The van der Waals surface area contributed by atoms with Crippen molar-refractivity contribution in [1.82, 2.24) is 4.57 Å². The van der Waals surface area contributed by atoms with E-state index in [1.807, 2.05) is 49.7 Å². The molecule has 7 heteroatoms. The standard InChI is InChI=1S/C21H17BN2O4/c1-12-10-14(24(26)27)7-9-17(12)23-18-8-6-13(22)11-16(18)20-15(21(25)28-2)4-3-5-19(20)23/h3-11H,22H2,1-2H3. The molecule has 0 saturated carbocycles. The molecule has 1 aromatic heterocycles. The maximum absolute atomic E-state index is 12.4. The first kappa shape index (κ1) is 17.8. The van der Waals surface area contributed by atoms with Gasteiger partial charge in [0.1, 0.15) is 7.85 Å². The topological polar surface area (TPSA) is 74.4 Å². The number of non-ortho nitro benzene ring substituents is 1. The lowest BCUT2D eigenvalue weighted by atomic mass is 9.94. The van der Waals surface area contributed by atoms with Crippen LogP contribution in [-0.2, 0) is 4.74 Å². The SMILES string of the molecule is Bc1ccc2c(c1)c1c(C(=O)OC)cccc1n2-c1ccc([N+](=O)[O-])cc1C. The highest BCUT2D eigenvalue weighted by Crippen LogP contribution is 2.35. The first-order valence-corrected chi connectivity index (χ1v) is 8.80. The monoisotopic (exact) mass is 372 g/mol. The van der Waals surface area contributed by atoms with E-state index in [1.54, 1.807) is 18.2 Å². The van der Waals surface area contributed by atoms with Crippen LogP contribution in [0.3, 0.4) is 0 Å². The van der Waals surface area contributed by atoms with Crippen LogP contribution < -0.4 is 5.46 Å². The Bertz CT molecular complexity index is 1280. The number of nitrogens with zero attached hydrogens (tertiary/aromatic N) is 2. The Morgan fingerprint density at radius 3 is 2.57 bits per heavy atom. The number of hydrogen-bond donors (Lipinski definition) is 0. The number of aromatic nitrogens is 1. The highest BCUT2D eigenvalue weighted by Gasteiger charge is 2.20. The number of nitro benzene ring substituents is 1. The molecular formula is C21H17BN2O4. The minimum atomic E-state index is -0.401. The zero-order valence-corrected chi connectivity index (χ0v) is 15.7. The number of esters is 1. The number of fused-ring (bicyclic) bond motifs is 3. The second kappa shape index (κ2) is 6.53. The smallest absolute Gasteiger partial charge is 0.338 e. The Morgan fingerprint density at radius 1 is 1.11 bits per heavy atom. The number of nitro groups is 1. The molecule has 3 aromatic carbocycles. The molecule has 0 N–H and O–H groups in total. The lowest BCUT2D eigenvalue weighted by molar-refractivity contribution is -0.384. The molecule has 0 amide bonds. The first-order chi connectivity index (χ1) is 13.4. The van der Waals surface area contributed by atoms with Gasteiger partial charge in [0.2, 0.25) is 0 Å². The van der Waals surface area contributed by atoms with E-state index in [1.165, 1.54) is 13.2 Å². The lowest BCUT2D eigenvalue weighted by Gasteiger charge is -2.11. The van der Waals surface area contributed by atoms with Crippen LogP contribution in [0, 0.1) is 17.0 Å². The van der Waals surface area contributed by atoms with Gasteiger partial charge in [-0.1, -0.05) is 23.7 Å². The molecule has 0 bridgehead atoms. The predicted molar refractivity (Wildman–Crippen MR) is 112 cm³/mol. The Hall–Kier alpha value is -3.61. The highest BCUT2D eigenvalue weighted by molar-refractivity contribution is 6.34. The van der Waals surface area contributed by atoms with Crippen LogP contribution in [0.5, 0.6) is 0 Å². The number of carbonyl (C=O) groups excluding carboxylic acids is 1. The second-order valence-electron chi connectivity index (χ2n) is 6.78. The Kier molecular flexibility index (Phi) is 4.15. The van der Waals surface area contributed by atoms with Gasteiger partial charge in [0.15, 0.2) is 0 Å². The van der Waals surface area contributed by atoms with Crippen molar-refractivity contribution in [2.75, 3.05) is 7.11 Å². The normalized spacial score (nSPS) is 11.1. The molecule has 0 spiro atoms. The summed E-state index contributed by atoms with van der Waals surface area (Å²) in [7, 11) is 3.37. The van der Waals surface area contributed by atoms with Gasteiger partial charge >= 0.3 is 5.97 Å². The molecule has 0 radical (unpaired) electrons. The van der Waals surface area contributed by atoms with Gasteiger partial charge in [-0.3, -0.25) is 10.1 Å². The van der Waals surface area contributed by atoms with E-state index < -0.39 is 10.9 Å². The molecule has 0 atom stereocenters. The van der Waals surface area contributed by atoms with Gasteiger partial charge in [-0.15, -0.1) is 0 Å². The van der Waals surface area contributed by atoms with Crippen molar-refractivity contribution in [2.45, 2.75) is 6.92 Å². The summed E-state index contributed by atoms with van der Waals surface area (Å²) in [6.07, 6.45) is 0. The fourth-order valence-corrected chi connectivity index (χ4v) is 3.73. The minimum absolute atomic E-state index is 0.0492. The van der Waals surface area contributed by atoms with Gasteiger partial charge in [-0.25, -0.2) is 4.79 Å². The number of carbonyl (C=O) groups is 1. The van der Waals surface area contributed by atoms with Crippen LogP contribution in [0.25, 0.3) is 27.5 Å². The molecule has 0 saturated heterocycles. The summed E-state index contributed by atoms with van der Waals surface area (Å²) in [5, 5.41) is 12.9. The van der Waals surface area contributed by atoms with Crippen LogP contribution in [0.1, 0.15) is 15.9 Å². The van der Waals surface area contributed by atoms with Crippen molar-refractivity contribution in [3.05, 3.63) is 75.8 Å². The zero-order chi connectivity index (χ0) is 20.0. The summed E-state index contributed by atoms with van der Waals surface area (Å²) in [5.74, 6) is -0.397. The Balaban J connectivity index is 2.15. The van der Waals surface area contributed by atoms with Gasteiger partial charge in [0.05, 0.1) is 28.6 Å². The van der Waals surface area contributed by atoms with Crippen molar-refractivity contribution in [1.29, 1.82) is 0 Å². The van der Waals surface area contributed by atoms with E-state index in [9.17, 15) is 14.9 Å². The quantitative estimate of drug-likeness (QED) is 0.240. The number of methoxy groups -OCH3 is 1. The molecule has 0 fully saturated rings. The molecule has 0 aliphatic rings. The number of aryl methyl sites for hydroxylation is 1. The molecular weight excluding hydrogens is 355 g/mol. The zero-order valence-electron chi connectivity index (χ0n) is 15.7. The van der Waals surface area contributed by atoms with E-state index in [-0.39, 0.29) is 5.69 Å². The predicted octanol–water partition coefficient (Wildman–Crippen LogP) is 3.05. The summed E-state index contributed by atoms with van der Waals surface area (Å²) in [6.45, 7) is 1.85. The summed E-state index contributed by atoms with van der Waals surface area (Å²) >= 11 is 0. The van der Waals surface area contributed by atoms with Gasteiger partial charge in [-0.05, 0) is 36.8 Å². The van der Waals surface area contributed by atoms with Crippen LogP contribution in [0.2, 0.25) is 0 Å². The summed E-state index contributed by atoms with van der Waals surface area (Å²) in [5.41, 5.74) is 5.00. The maximum Gasteiger partial charge on any atom is 0.338 e. The molecule has 138 valence electrons. The van der Waals surface area contributed by atoms with Crippen molar-refractivity contribution in [3.63, 3.8) is 0 Å². The fraction of sp³-hybridized carbons (Fsp3) is 0.0952. The van der Waals surface area contributed by atoms with Gasteiger partial charge < -0.3 is 9.30 Å². The van der Waals surface area contributed by atoms with E-state index in [4.69, 9.17) is 4.74 Å². The van der Waals surface area contributed by atoms with Crippen LogP contribution in [0.4, 0.5) is 5.69 Å². The van der Waals surface area contributed by atoms with Crippen LogP contribution >= 0.6 is 0 Å². The first-order valence-electron chi connectivity index (χ1n) is 8.80. The van der Waals surface area contributed by atoms with Gasteiger partial charge in [0.25, 0.3) is 5.69 Å². The van der Waals surface area contributed by atoms with Gasteiger partial charge in [0, 0.05) is 28.6 Å². The largest absolute Gasteiger partial charge is 0.465 e. The summed E-state index contributed by atoms with van der Waals surface area (Å²) in [6, 6.07) is 16.4. The second-order valence-corrected chi connectivity index (χ2v) is 6.78. The fourth-order valence-electron chi connectivity index (χ4n) is 3.73. The molecule has 0 aliphatic heterocycles. The number of benzene rings is 3. The van der Waals surface area contributed by atoms with Crippen molar-refractivity contribution in [3.8, 4) is 5.69 Å². The van der Waals surface area contributed by atoms with E-state index in [2.05, 4.69) is 0 Å². The lowest BCUT2D eigenvalue weighted by Crippen LogP contribution is -2.02. The molecule has 28 heavy (non-hydrogen) atoms. The number of hydrogen-bond acceptors (Lipinski definition) is 4. The highest BCUT2D eigenvalue weighted by atomic mass is 16.6. The molecule has 0 aliphatic carbocycles. The molecule has 4 rings (SSSR count). The average molecular weight is 372 g/mol. The summed E-state index contributed by atoms with van der Waals surface area (Å²) in [4.78, 5) is 23.1. The average Bonchev–Trinajstić information content (AvgIpc) is 3.00. The molecule has 1 heterocycles.